The van der Waals surface area contributed by atoms with E-state index in [9.17, 15) is 0 Å². The van der Waals surface area contributed by atoms with Gasteiger partial charge in [-0.1, -0.05) is 32.0 Å². The maximum atomic E-state index is 6.54. The second-order valence-electron chi connectivity index (χ2n) is 7.25. The van der Waals surface area contributed by atoms with Gasteiger partial charge in [-0.05, 0) is 30.7 Å². The van der Waals surface area contributed by atoms with Gasteiger partial charge in [0.2, 0.25) is 0 Å². The van der Waals surface area contributed by atoms with Crippen LogP contribution in [0.15, 0.2) is 18.2 Å². The summed E-state index contributed by atoms with van der Waals surface area (Å²) in [6.07, 6.45) is 1.35. The number of para-hydroxylation sites is 1. The molecule has 3 rings (SSSR count). The fourth-order valence-corrected chi connectivity index (χ4v) is 4.12. The lowest BCUT2D eigenvalue weighted by molar-refractivity contribution is 0.0880. The maximum absolute atomic E-state index is 6.54. The van der Waals surface area contributed by atoms with E-state index in [4.69, 9.17) is 10.5 Å². The summed E-state index contributed by atoms with van der Waals surface area (Å²) in [5, 5.41) is 0. The van der Waals surface area contributed by atoms with Crippen molar-refractivity contribution in [3.63, 3.8) is 0 Å². The summed E-state index contributed by atoms with van der Waals surface area (Å²) in [6.45, 7) is 11.0. The van der Waals surface area contributed by atoms with Gasteiger partial charge in [-0.2, -0.15) is 0 Å². The minimum Gasteiger partial charge on any atom is -0.493 e. The Balaban J connectivity index is 1.70. The molecule has 2 aliphatic rings. The SMILES string of the molecule is Cc1cccc2c1OCC(CN1CC(C)CC(C)C1)C2N. The van der Waals surface area contributed by atoms with E-state index in [0.717, 1.165) is 30.7 Å². The summed E-state index contributed by atoms with van der Waals surface area (Å²) in [5.74, 6) is 3.01. The molecule has 4 atom stereocenters. The number of nitrogens with two attached hydrogens (primary N) is 1. The van der Waals surface area contributed by atoms with Crippen LogP contribution in [0.1, 0.15) is 37.4 Å². The van der Waals surface area contributed by atoms with Gasteiger partial charge in [-0.15, -0.1) is 0 Å². The minimum absolute atomic E-state index is 0.0983. The molecule has 2 N–H and O–H groups in total. The summed E-state index contributed by atoms with van der Waals surface area (Å²) < 4.78 is 6.03. The van der Waals surface area contributed by atoms with Crippen molar-refractivity contribution in [2.45, 2.75) is 33.2 Å². The lowest BCUT2D eigenvalue weighted by atomic mass is 9.87. The van der Waals surface area contributed by atoms with Crippen LogP contribution in [0.4, 0.5) is 0 Å². The molecular weight excluding hydrogens is 260 g/mol. The van der Waals surface area contributed by atoms with E-state index in [2.05, 4.69) is 43.9 Å². The van der Waals surface area contributed by atoms with Crippen molar-refractivity contribution in [2.24, 2.45) is 23.5 Å². The van der Waals surface area contributed by atoms with Gasteiger partial charge in [0.1, 0.15) is 5.75 Å². The number of hydrogen-bond donors (Lipinski definition) is 1. The molecule has 1 saturated heterocycles. The Morgan fingerprint density at radius 2 is 1.95 bits per heavy atom. The highest BCUT2D eigenvalue weighted by molar-refractivity contribution is 5.44. The van der Waals surface area contributed by atoms with Gasteiger partial charge in [-0.25, -0.2) is 0 Å². The van der Waals surface area contributed by atoms with E-state index in [-0.39, 0.29) is 6.04 Å². The van der Waals surface area contributed by atoms with E-state index in [0.29, 0.717) is 5.92 Å². The van der Waals surface area contributed by atoms with E-state index < -0.39 is 0 Å². The van der Waals surface area contributed by atoms with Gasteiger partial charge in [-0.3, -0.25) is 0 Å². The average molecular weight is 288 g/mol. The van der Waals surface area contributed by atoms with Gasteiger partial charge >= 0.3 is 0 Å². The summed E-state index contributed by atoms with van der Waals surface area (Å²) in [4.78, 5) is 2.59. The Hall–Kier alpha value is -1.06. The lowest BCUT2D eigenvalue weighted by Gasteiger charge is -2.40. The maximum Gasteiger partial charge on any atom is 0.126 e. The molecular formula is C18H28N2O. The first-order valence-electron chi connectivity index (χ1n) is 8.25. The third kappa shape index (κ3) is 3.09. The molecule has 0 spiro atoms. The van der Waals surface area contributed by atoms with Crippen molar-refractivity contribution in [2.75, 3.05) is 26.2 Å². The van der Waals surface area contributed by atoms with Crippen LogP contribution < -0.4 is 10.5 Å². The Kier molecular flexibility index (Phi) is 4.23. The second kappa shape index (κ2) is 5.98. The number of likely N-dealkylation sites (tertiary alicyclic amines) is 1. The summed E-state index contributed by atoms with van der Waals surface area (Å²) >= 11 is 0. The van der Waals surface area contributed by atoms with Crippen LogP contribution in [-0.4, -0.2) is 31.1 Å². The van der Waals surface area contributed by atoms with Gasteiger partial charge in [0.25, 0.3) is 0 Å². The molecule has 1 aromatic rings. The molecule has 21 heavy (non-hydrogen) atoms. The number of piperidine rings is 1. The lowest BCUT2D eigenvalue weighted by Crippen LogP contribution is -2.45. The number of rotatable bonds is 2. The third-order valence-electron chi connectivity index (χ3n) is 4.99. The van der Waals surface area contributed by atoms with Gasteiger partial charge in [0, 0.05) is 37.2 Å². The zero-order valence-electron chi connectivity index (χ0n) is 13.5. The van der Waals surface area contributed by atoms with Crippen molar-refractivity contribution >= 4 is 0 Å². The molecule has 2 heterocycles. The van der Waals surface area contributed by atoms with Crippen molar-refractivity contribution in [1.29, 1.82) is 0 Å². The Labute approximate surface area is 128 Å². The van der Waals surface area contributed by atoms with E-state index in [1.54, 1.807) is 0 Å². The Bertz CT molecular complexity index is 492. The van der Waals surface area contributed by atoms with Gasteiger partial charge in [0.15, 0.2) is 0 Å². The first-order chi connectivity index (χ1) is 10.0. The smallest absolute Gasteiger partial charge is 0.126 e. The highest BCUT2D eigenvalue weighted by Crippen LogP contribution is 2.37. The number of ether oxygens (including phenoxy) is 1. The van der Waals surface area contributed by atoms with Crippen LogP contribution in [0.3, 0.4) is 0 Å². The third-order valence-corrected chi connectivity index (χ3v) is 4.99. The molecule has 0 saturated carbocycles. The van der Waals surface area contributed by atoms with Crippen LogP contribution in [0, 0.1) is 24.7 Å². The standard InChI is InChI=1S/C18H28N2O/c1-12-7-13(2)9-20(8-12)10-15-11-21-18-14(3)5-4-6-16(18)17(15)19/h4-6,12-13,15,17H,7-11,19H2,1-3H3. The van der Waals surface area contributed by atoms with Crippen LogP contribution in [0.2, 0.25) is 0 Å². The molecule has 0 bridgehead atoms. The van der Waals surface area contributed by atoms with Gasteiger partial charge in [0.05, 0.1) is 6.61 Å². The minimum atomic E-state index is 0.0983. The van der Waals surface area contributed by atoms with Crippen LogP contribution in [0.5, 0.6) is 5.75 Å². The number of fused-ring (bicyclic) bond motifs is 1. The van der Waals surface area contributed by atoms with E-state index in [1.807, 2.05) is 0 Å². The Morgan fingerprint density at radius 3 is 2.67 bits per heavy atom. The molecule has 0 aromatic heterocycles. The van der Waals surface area contributed by atoms with E-state index >= 15 is 0 Å². The molecule has 2 aliphatic heterocycles. The highest BCUT2D eigenvalue weighted by Gasteiger charge is 2.32. The molecule has 4 unspecified atom stereocenters. The van der Waals surface area contributed by atoms with E-state index in [1.165, 1.54) is 30.6 Å². The first kappa shape index (κ1) is 14.9. The van der Waals surface area contributed by atoms with Crippen molar-refractivity contribution in [1.82, 2.24) is 4.90 Å². The van der Waals surface area contributed by atoms with Crippen molar-refractivity contribution < 1.29 is 4.74 Å². The number of nitrogens with zero attached hydrogens (tertiary/aromatic N) is 1. The topological polar surface area (TPSA) is 38.5 Å². The molecule has 3 heteroatoms. The average Bonchev–Trinajstić information content (AvgIpc) is 2.41. The Morgan fingerprint density at radius 1 is 1.24 bits per heavy atom. The largest absolute Gasteiger partial charge is 0.493 e. The fraction of sp³-hybridized carbons (Fsp3) is 0.667. The number of hydrogen-bond acceptors (Lipinski definition) is 3. The summed E-state index contributed by atoms with van der Waals surface area (Å²) in [7, 11) is 0. The van der Waals surface area contributed by atoms with Crippen molar-refractivity contribution in [3.8, 4) is 5.75 Å². The molecule has 0 aliphatic carbocycles. The molecule has 0 amide bonds. The number of benzene rings is 1. The monoisotopic (exact) mass is 288 g/mol. The quantitative estimate of drug-likeness (QED) is 0.909. The predicted molar refractivity (Wildman–Crippen MR) is 86.5 cm³/mol. The summed E-state index contributed by atoms with van der Waals surface area (Å²) in [6, 6.07) is 6.41. The normalized spacial score (nSPS) is 33.3. The molecule has 116 valence electrons. The van der Waals surface area contributed by atoms with Crippen molar-refractivity contribution in [3.05, 3.63) is 29.3 Å². The highest BCUT2D eigenvalue weighted by atomic mass is 16.5. The van der Waals surface area contributed by atoms with Gasteiger partial charge < -0.3 is 15.4 Å². The van der Waals surface area contributed by atoms with Crippen LogP contribution in [-0.2, 0) is 0 Å². The zero-order chi connectivity index (χ0) is 15.0. The zero-order valence-corrected chi connectivity index (χ0v) is 13.5. The molecule has 1 fully saturated rings. The molecule has 1 aromatic carbocycles. The number of aryl methyl sites for hydroxylation is 1. The second-order valence-corrected chi connectivity index (χ2v) is 7.25. The first-order valence-corrected chi connectivity index (χ1v) is 8.25. The molecule has 3 nitrogen and oxygen atoms in total. The predicted octanol–water partition coefficient (Wildman–Crippen LogP) is 2.98. The summed E-state index contributed by atoms with van der Waals surface area (Å²) in [5.41, 5.74) is 8.92. The molecule has 0 radical (unpaired) electrons. The van der Waals surface area contributed by atoms with Crippen LogP contribution >= 0.6 is 0 Å². The van der Waals surface area contributed by atoms with Crippen LogP contribution in [0.25, 0.3) is 0 Å². The fourth-order valence-electron chi connectivity index (χ4n) is 4.12.